The minimum atomic E-state index is -0.688. The molecule has 3 aromatic rings. The Hall–Kier alpha value is -4.24. The van der Waals surface area contributed by atoms with Crippen molar-refractivity contribution < 1.29 is 28.3 Å². The van der Waals surface area contributed by atoms with Gasteiger partial charge in [0.2, 0.25) is 5.90 Å². The fourth-order valence-corrected chi connectivity index (χ4v) is 3.53. The molecule has 0 saturated carbocycles. The lowest BCUT2D eigenvalue weighted by Crippen LogP contribution is -2.05. The molecular formula is C25H18ClFN2O6. The molecule has 0 fully saturated rings. The quantitative estimate of drug-likeness (QED) is 0.171. The fourth-order valence-electron chi connectivity index (χ4n) is 3.26. The predicted octanol–water partition coefficient (Wildman–Crippen LogP) is 5.71. The van der Waals surface area contributed by atoms with Crippen LogP contribution >= 0.6 is 11.6 Å². The van der Waals surface area contributed by atoms with E-state index in [-0.39, 0.29) is 34.7 Å². The number of nitrogens with zero attached hydrogens (tertiary/aromatic N) is 2. The van der Waals surface area contributed by atoms with E-state index in [4.69, 9.17) is 25.8 Å². The second-order valence-electron chi connectivity index (χ2n) is 7.28. The number of halogens is 2. The molecule has 0 aromatic heterocycles. The summed E-state index contributed by atoms with van der Waals surface area (Å²) >= 11 is 6.43. The third-order valence-corrected chi connectivity index (χ3v) is 5.19. The molecule has 1 aliphatic heterocycles. The summed E-state index contributed by atoms with van der Waals surface area (Å²) in [6.45, 7) is 2.05. The minimum Gasteiger partial charge on any atom is -0.490 e. The SMILES string of the molecule is CCOc1cc(/C=C2\N=C(c3ccc([N+](=O)[O-])cc3)OC2=O)cc(Cl)c1OCc1ccccc1F. The Kier molecular flexibility index (Phi) is 7.07. The van der Waals surface area contributed by atoms with E-state index in [1.807, 2.05) is 0 Å². The molecular weight excluding hydrogens is 479 g/mol. The highest BCUT2D eigenvalue weighted by Crippen LogP contribution is 2.38. The molecule has 8 nitrogen and oxygen atoms in total. The lowest BCUT2D eigenvalue weighted by molar-refractivity contribution is -0.384. The first-order chi connectivity index (χ1) is 16.9. The van der Waals surface area contributed by atoms with Crippen molar-refractivity contribution in [3.63, 3.8) is 0 Å². The van der Waals surface area contributed by atoms with Gasteiger partial charge in [-0.25, -0.2) is 14.2 Å². The first-order valence-corrected chi connectivity index (χ1v) is 10.8. The molecule has 0 bridgehead atoms. The summed E-state index contributed by atoms with van der Waals surface area (Å²) in [5.74, 6) is -0.508. The average molecular weight is 497 g/mol. The van der Waals surface area contributed by atoms with Crippen LogP contribution in [0.5, 0.6) is 11.5 Å². The maximum Gasteiger partial charge on any atom is 0.363 e. The maximum absolute atomic E-state index is 13.9. The van der Waals surface area contributed by atoms with Gasteiger partial charge in [0, 0.05) is 23.3 Å². The van der Waals surface area contributed by atoms with Crippen molar-refractivity contribution >= 4 is 35.2 Å². The third-order valence-electron chi connectivity index (χ3n) is 4.91. The molecule has 0 radical (unpaired) electrons. The second-order valence-corrected chi connectivity index (χ2v) is 7.69. The van der Waals surface area contributed by atoms with Crippen LogP contribution in [0.1, 0.15) is 23.6 Å². The highest BCUT2D eigenvalue weighted by atomic mass is 35.5. The van der Waals surface area contributed by atoms with Crippen LogP contribution in [0.15, 0.2) is 71.4 Å². The molecule has 35 heavy (non-hydrogen) atoms. The van der Waals surface area contributed by atoms with E-state index in [1.54, 1.807) is 37.3 Å². The molecule has 0 atom stereocenters. The van der Waals surface area contributed by atoms with Crippen molar-refractivity contribution in [2.45, 2.75) is 13.5 Å². The molecule has 4 rings (SSSR count). The fraction of sp³-hybridized carbons (Fsp3) is 0.120. The van der Waals surface area contributed by atoms with Crippen molar-refractivity contribution in [1.82, 2.24) is 0 Å². The predicted molar refractivity (Wildman–Crippen MR) is 127 cm³/mol. The van der Waals surface area contributed by atoms with Gasteiger partial charge in [-0.2, -0.15) is 0 Å². The number of carbonyl (C=O) groups excluding carboxylic acids is 1. The van der Waals surface area contributed by atoms with Gasteiger partial charge >= 0.3 is 5.97 Å². The highest BCUT2D eigenvalue weighted by Gasteiger charge is 2.25. The molecule has 0 N–H and O–H groups in total. The van der Waals surface area contributed by atoms with Crippen molar-refractivity contribution in [3.05, 3.63) is 104 Å². The minimum absolute atomic E-state index is 0.0110. The summed E-state index contributed by atoms with van der Waals surface area (Å²) in [7, 11) is 0. The van der Waals surface area contributed by atoms with Crippen LogP contribution in [0.25, 0.3) is 6.08 Å². The van der Waals surface area contributed by atoms with Crippen LogP contribution in [-0.4, -0.2) is 23.4 Å². The zero-order valence-corrected chi connectivity index (χ0v) is 19.1. The van der Waals surface area contributed by atoms with Gasteiger partial charge in [0.25, 0.3) is 5.69 Å². The lowest BCUT2D eigenvalue weighted by Gasteiger charge is -2.15. The third kappa shape index (κ3) is 5.47. The standard InChI is InChI=1S/C25H18ClFN2O6/c1-2-33-22-13-15(11-19(26)23(22)34-14-17-5-3-4-6-20(17)27)12-21-25(30)35-24(28-21)16-7-9-18(10-8-16)29(31)32/h3-13H,2,14H2,1H3/b21-12-. The van der Waals surface area contributed by atoms with Gasteiger partial charge in [-0.3, -0.25) is 10.1 Å². The zero-order valence-electron chi connectivity index (χ0n) is 18.4. The van der Waals surface area contributed by atoms with E-state index >= 15 is 0 Å². The van der Waals surface area contributed by atoms with Gasteiger partial charge in [-0.05, 0) is 48.9 Å². The Morgan fingerprint density at radius 2 is 1.89 bits per heavy atom. The molecule has 0 unspecified atom stereocenters. The van der Waals surface area contributed by atoms with E-state index < -0.39 is 16.7 Å². The number of non-ortho nitro benzene ring substituents is 1. The monoisotopic (exact) mass is 496 g/mol. The lowest BCUT2D eigenvalue weighted by atomic mass is 10.1. The van der Waals surface area contributed by atoms with Crippen LogP contribution in [0.3, 0.4) is 0 Å². The van der Waals surface area contributed by atoms with E-state index in [1.165, 1.54) is 36.4 Å². The number of ether oxygens (including phenoxy) is 3. The largest absolute Gasteiger partial charge is 0.490 e. The number of aliphatic imine (C=N–C) groups is 1. The number of rotatable bonds is 8. The summed E-state index contributed by atoms with van der Waals surface area (Å²) in [6.07, 6.45) is 1.47. The first kappa shape index (κ1) is 23.9. The number of hydrogen-bond donors (Lipinski definition) is 0. The van der Waals surface area contributed by atoms with Gasteiger partial charge < -0.3 is 14.2 Å². The Balaban J connectivity index is 1.60. The number of esters is 1. The number of nitro benzene ring substituents is 1. The van der Waals surface area contributed by atoms with Gasteiger partial charge in [-0.1, -0.05) is 29.8 Å². The van der Waals surface area contributed by atoms with Crippen molar-refractivity contribution in [3.8, 4) is 11.5 Å². The van der Waals surface area contributed by atoms with Crippen LogP contribution in [0.4, 0.5) is 10.1 Å². The Morgan fingerprint density at radius 1 is 1.14 bits per heavy atom. The summed E-state index contributed by atoms with van der Waals surface area (Å²) in [6, 6.07) is 14.9. The summed E-state index contributed by atoms with van der Waals surface area (Å²) in [4.78, 5) is 26.9. The molecule has 1 heterocycles. The van der Waals surface area contributed by atoms with E-state index in [0.29, 0.717) is 29.0 Å². The second kappa shape index (κ2) is 10.4. The molecule has 1 aliphatic rings. The van der Waals surface area contributed by atoms with Crippen LogP contribution in [0.2, 0.25) is 5.02 Å². The van der Waals surface area contributed by atoms with Crippen molar-refractivity contribution in [2.24, 2.45) is 4.99 Å². The van der Waals surface area contributed by atoms with E-state index in [0.717, 1.165) is 0 Å². The van der Waals surface area contributed by atoms with E-state index in [9.17, 15) is 19.3 Å². The van der Waals surface area contributed by atoms with Crippen LogP contribution in [-0.2, 0) is 16.1 Å². The van der Waals surface area contributed by atoms with Crippen molar-refractivity contribution in [1.29, 1.82) is 0 Å². The van der Waals surface area contributed by atoms with Crippen molar-refractivity contribution in [2.75, 3.05) is 6.61 Å². The molecule has 0 spiro atoms. The smallest absolute Gasteiger partial charge is 0.363 e. The maximum atomic E-state index is 13.9. The highest BCUT2D eigenvalue weighted by molar-refractivity contribution is 6.32. The molecule has 0 aliphatic carbocycles. The molecule has 0 saturated heterocycles. The molecule has 178 valence electrons. The molecule has 0 amide bonds. The number of cyclic esters (lactones) is 1. The summed E-state index contributed by atoms with van der Waals surface area (Å²) in [5.41, 5.74) is 1.19. The van der Waals surface area contributed by atoms with Gasteiger partial charge in [0.15, 0.2) is 17.2 Å². The van der Waals surface area contributed by atoms with Gasteiger partial charge in [-0.15, -0.1) is 0 Å². The average Bonchev–Trinajstić information content (AvgIpc) is 3.20. The molecule has 10 heteroatoms. The summed E-state index contributed by atoms with van der Waals surface area (Å²) in [5, 5.41) is 11.0. The van der Waals surface area contributed by atoms with Crippen LogP contribution < -0.4 is 9.47 Å². The topological polar surface area (TPSA) is 100 Å². The number of hydrogen-bond acceptors (Lipinski definition) is 7. The zero-order chi connectivity index (χ0) is 24.9. The Bertz CT molecular complexity index is 1350. The Morgan fingerprint density at radius 3 is 2.57 bits per heavy atom. The van der Waals surface area contributed by atoms with Gasteiger partial charge in [0.05, 0.1) is 16.6 Å². The number of nitro groups is 1. The number of benzene rings is 3. The normalized spacial score (nSPS) is 14.0. The Labute approximate surface area is 204 Å². The van der Waals surface area contributed by atoms with Gasteiger partial charge in [0.1, 0.15) is 12.4 Å². The first-order valence-electron chi connectivity index (χ1n) is 10.5. The molecule has 3 aromatic carbocycles. The van der Waals surface area contributed by atoms with E-state index in [2.05, 4.69) is 4.99 Å². The summed E-state index contributed by atoms with van der Waals surface area (Å²) < 4.78 is 30.6. The number of carbonyl (C=O) groups is 1. The van der Waals surface area contributed by atoms with Crippen LogP contribution in [0, 0.1) is 15.9 Å².